The van der Waals surface area contributed by atoms with Crippen LogP contribution in [0.4, 0.5) is 5.82 Å². The van der Waals surface area contributed by atoms with Crippen LogP contribution in [0, 0.1) is 23.7 Å². The number of benzene rings is 1. The summed E-state index contributed by atoms with van der Waals surface area (Å²) in [6.07, 6.45) is 11.4. The molecule has 5 N–H and O–H groups in total. The lowest BCUT2D eigenvalue weighted by atomic mass is 9.52. The van der Waals surface area contributed by atoms with Crippen molar-refractivity contribution in [2.24, 2.45) is 29.4 Å². The Morgan fingerprint density at radius 3 is 2.46 bits per heavy atom. The van der Waals surface area contributed by atoms with E-state index < -0.39 is 0 Å². The van der Waals surface area contributed by atoms with Crippen molar-refractivity contribution in [2.45, 2.75) is 88.4 Å². The molecule has 35 heavy (non-hydrogen) atoms. The lowest BCUT2D eigenvalue weighted by Crippen LogP contribution is -2.72. The second kappa shape index (κ2) is 9.49. The summed E-state index contributed by atoms with van der Waals surface area (Å²) in [5.41, 5.74) is 14.8. The number of hydrogen-bond donors (Lipinski definition) is 3. The minimum absolute atomic E-state index is 0.149. The average molecular weight is 478 g/mol. The van der Waals surface area contributed by atoms with E-state index in [-0.39, 0.29) is 23.3 Å². The van der Waals surface area contributed by atoms with Crippen LogP contribution in [0.2, 0.25) is 0 Å². The normalized spacial score (nSPS) is 36.2. The van der Waals surface area contributed by atoms with Crippen molar-refractivity contribution in [3.8, 4) is 0 Å². The van der Waals surface area contributed by atoms with Gasteiger partial charge in [-0.1, -0.05) is 36.4 Å². The molecule has 1 aromatic heterocycles. The molecule has 4 aliphatic rings. The van der Waals surface area contributed by atoms with Gasteiger partial charge in [0.2, 0.25) is 0 Å². The summed E-state index contributed by atoms with van der Waals surface area (Å²) in [5.74, 6) is 2.56. The lowest BCUT2D eigenvalue weighted by molar-refractivity contribution is -0.288. The van der Waals surface area contributed by atoms with E-state index in [2.05, 4.69) is 55.2 Å². The van der Waals surface area contributed by atoms with E-state index in [9.17, 15) is 5.11 Å². The average Bonchev–Trinajstić information content (AvgIpc) is 2.81. The topological polar surface area (TPSA) is 94.4 Å². The molecule has 3 heterocycles. The van der Waals surface area contributed by atoms with E-state index in [0.29, 0.717) is 35.9 Å². The SMILES string of the molecule is CC1(C)O[C@@]2([C@@H]3CC[C@H](Cc4ccccc4)[C@H](Cc4ccc(N)nc4)C3)CC[C@@H]1[C@](N)(CCO)C2. The number of nitrogen functional groups attached to an aromatic ring is 1. The lowest BCUT2D eigenvalue weighted by Gasteiger charge is -2.65. The predicted molar refractivity (Wildman–Crippen MR) is 141 cm³/mol. The van der Waals surface area contributed by atoms with Gasteiger partial charge < -0.3 is 21.3 Å². The first kappa shape index (κ1) is 24.7. The Labute approximate surface area is 210 Å². The number of aliphatic hydroxyl groups excluding tert-OH is 1. The minimum Gasteiger partial charge on any atom is -0.396 e. The van der Waals surface area contributed by atoms with Crippen LogP contribution in [0.5, 0.6) is 0 Å². The largest absolute Gasteiger partial charge is 0.396 e. The van der Waals surface area contributed by atoms with Crippen LogP contribution in [-0.2, 0) is 17.6 Å². The molecule has 190 valence electrons. The standard InChI is InChI=1S/C30H43N3O2/c1-28(2)26-12-13-30(35-28,20-29(26,32)14-15-34)25-10-9-23(16-21-6-4-3-5-7-21)24(18-25)17-22-8-11-27(31)33-19-22/h3-8,11,19,23-26,34H,9-10,12-18,20,32H2,1-2H3,(H2,31,33)/t23-,24-,25-,26+,29+,30+/m1/s1. The second-order valence-electron chi connectivity index (χ2n) is 12.3. The third-order valence-corrected chi connectivity index (χ3v) is 9.63. The number of pyridine rings is 1. The predicted octanol–water partition coefficient (Wildman–Crippen LogP) is 4.91. The molecule has 2 aromatic rings. The molecule has 2 aliphatic carbocycles. The molecule has 0 amide bonds. The Balaban J connectivity index is 1.41. The maximum absolute atomic E-state index is 9.84. The first-order chi connectivity index (χ1) is 16.7. The van der Waals surface area contributed by atoms with Crippen LogP contribution < -0.4 is 11.5 Å². The van der Waals surface area contributed by atoms with E-state index in [1.807, 2.05) is 12.3 Å². The van der Waals surface area contributed by atoms with Crippen molar-refractivity contribution in [1.29, 1.82) is 0 Å². The molecule has 4 fully saturated rings. The van der Waals surface area contributed by atoms with E-state index in [4.69, 9.17) is 16.2 Å². The van der Waals surface area contributed by atoms with Crippen molar-refractivity contribution in [2.75, 3.05) is 12.3 Å². The van der Waals surface area contributed by atoms with Gasteiger partial charge >= 0.3 is 0 Å². The van der Waals surface area contributed by atoms with Gasteiger partial charge in [-0.05, 0) is 107 Å². The zero-order valence-corrected chi connectivity index (χ0v) is 21.5. The van der Waals surface area contributed by atoms with Gasteiger partial charge in [0.25, 0.3) is 0 Å². The minimum atomic E-state index is -0.341. The molecule has 0 spiro atoms. The van der Waals surface area contributed by atoms with Crippen LogP contribution in [0.15, 0.2) is 48.7 Å². The highest BCUT2D eigenvalue weighted by molar-refractivity contribution is 5.29. The molecule has 6 rings (SSSR count). The number of nitrogens with zero attached hydrogens (tertiary/aromatic N) is 1. The van der Waals surface area contributed by atoms with E-state index in [1.54, 1.807) is 0 Å². The molecule has 2 bridgehead atoms. The molecular weight excluding hydrogens is 434 g/mol. The van der Waals surface area contributed by atoms with Gasteiger partial charge in [-0.2, -0.15) is 0 Å². The Morgan fingerprint density at radius 1 is 1.00 bits per heavy atom. The fourth-order valence-electron chi connectivity index (χ4n) is 8.17. The third kappa shape index (κ3) is 4.87. The maximum atomic E-state index is 9.84. The number of fused-ring (bicyclic) bond motifs is 3. The van der Waals surface area contributed by atoms with Crippen LogP contribution in [0.3, 0.4) is 0 Å². The van der Waals surface area contributed by atoms with Crippen molar-refractivity contribution in [1.82, 2.24) is 4.98 Å². The first-order valence-electron chi connectivity index (χ1n) is 13.6. The number of aromatic nitrogens is 1. The molecule has 2 saturated heterocycles. The van der Waals surface area contributed by atoms with E-state index in [0.717, 1.165) is 38.5 Å². The van der Waals surface area contributed by atoms with Crippen molar-refractivity contribution in [3.05, 3.63) is 59.8 Å². The molecule has 0 radical (unpaired) electrons. The first-order valence-corrected chi connectivity index (χ1v) is 13.6. The molecule has 5 heteroatoms. The van der Waals surface area contributed by atoms with Gasteiger partial charge in [0.1, 0.15) is 5.82 Å². The molecular formula is C30H43N3O2. The maximum Gasteiger partial charge on any atom is 0.123 e. The van der Waals surface area contributed by atoms with Crippen molar-refractivity contribution in [3.63, 3.8) is 0 Å². The monoisotopic (exact) mass is 477 g/mol. The number of nitrogens with two attached hydrogens (primary N) is 2. The van der Waals surface area contributed by atoms with Gasteiger partial charge in [0, 0.05) is 24.3 Å². The fourth-order valence-corrected chi connectivity index (χ4v) is 8.17. The zero-order valence-electron chi connectivity index (χ0n) is 21.5. The Hall–Kier alpha value is -1.95. The molecule has 2 saturated carbocycles. The zero-order chi connectivity index (χ0) is 24.7. The summed E-state index contributed by atoms with van der Waals surface area (Å²) in [7, 11) is 0. The highest BCUT2D eigenvalue weighted by Gasteiger charge is 2.63. The summed E-state index contributed by atoms with van der Waals surface area (Å²) >= 11 is 0. The van der Waals surface area contributed by atoms with Gasteiger partial charge in [-0.25, -0.2) is 4.98 Å². The molecule has 1 aromatic carbocycles. The van der Waals surface area contributed by atoms with Crippen molar-refractivity contribution < 1.29 is 9.84 Å². The van der Waals surface area contributed by atoms with E-state index >= 15 is 0 Å². The quantitative estimate of drug-likeness (QED) is 0.527. The smallest absolute Gasteiger partial charge is 0.123 e. The van der Waals surface area contributed by atoms with Crippen LogP contribution in [0.25, 0.3) is 0 Å². The van der Waals surface area contributed by atoms with Crippen LogP contribution in [0.1, 0.15) is 69.9 Å². The number of anilines is 1. The van der Waals surface area contributed by atoms with E-state index in [1.165, 1.54) is 24.0 Å². The molecule has 6 atom stereocenters. The number of ether oxygens (including phenoxy) is 1. The number of hydrogen-bond acceptors (Lipinski definition) is 5. The van der Waals surface area contributed by atoms with Gasteiger partial charge in [-0.3, -0.25) is 0 Å². The van der Waals surface area contributed by atoms with Gasteiger partial charge in [-0.15, -0.1) is 0 Å². The Morgan fingerprint density at radius 2 is 1.77 bits per heavy atom. The Bertz CT molecular complexity index is 994. The highest BCUT2D eigenvalue weighted by atomic mass is 16.5. The van der Waals surface area contributed by atoms with Crippen LogP contribution >= 0.6 is 0 Å². The second-order valence-corrected chi connectivity index (χ2v) is 12.3. The summed E-state index contributed by atoms with van der Waals surface area (Å²) < 4.78 is 7.02. The van der Waals surface area contributed by atoms with Crippen LogP contribution in [-0.4, -0.2) is 33.4 Å². The van der Waals surface area contributed by atoms with Gasteiger partial charge in [0.15, 0.2) is 0 Å². The molecule has 5 nitrogen and oxygen atoms in total. The molecule has 2 aliphatic heterocycles. The third-order valence-electron chi connectivity index (χ3n) is 9.63. The number of aliphatic hydroxyl groups is 1. The fraction of sp³-hybridized carbons (Fsp3) is 0.633. The van der Waals surface area contributed by atoms with Crippen molar-refractivity contribution >= 4 is 5.82 Å². The molecule has 0 unspecified atom stereocenters. The number of rotatable bonds is 7. The summed E-state index contributed by atoms with van der Waals surface area (Å²) in [4.78, 5) is 4.37. The highest BCUT2D eigenvalue weighted by Crippen LogP contribution is 2.60. The Kier molecular flexibility index (Phi) is 6.71. The van der Waals surface area contributed by atoms with Gasteiger partial charge in [0.05, 0.1) is 11.2 Å². The summed E-state index contributed by atoms with van der Waals surface area (Å²) in [6.45, 7) is 4.60. The summed E-state index contributed by atoms with van der Waals surface area (Å²) in [6, 6.07) is 15.0. The summed E-state index contributed by atoms with van der Waals surface area (Å²) in [5, 5.41) is 9.84.